The zero-order valence-corrected chi connectivity index (χ0v) is 13.3. The highest BCUT2D eigenvalue weighted by Crippen LogP contribution is 2.31. The van der Waals surface area contributed by atoms with Gasteiger partial charge in [-0.3, -0.25) is 10.1 Å². The fourth-order valence-electron chi connectivity index (χ4n) is 2.18. The summed E-state index contributed by atoms with van der Waals surface area (Å²) in [5.74, 6) is 1.23. The number of nitrogens with zero attached hydrogens (tertiary/aromatic N) is 2. The van der Waals surface area contributed by atoms with Crippen LogP contribution in [-0.4, -0.2) is 15.9 Å². The topological polar surface area (TPSA) is 68.1 Å². The van der Waals surface area contributed by atoms with Crippen molar-refractivity contribution in [2.45, 2.75) is 46.6 Å². The van der Waals surface area contributed by atoms with Crippen LogP contribution < -0.4 is 5.32 Å². The minimum absolute atomic E-state index is 0.0348. The van der Waals surface area contributed by atoms with Crippen LogP contribution in [0.25, 0.3) is 0 Å². The van der Waals surface area contributed by atoms with Crippen LogP contribution >= 0.6 is 15.9 Å². The van der Waals surface area contributed by atoms with Gasteiger partial charge in [0, 0.05) is 11.6 Å². The van der Waals surface area contributed by atoms with Crippen molar-refractivity contribution in [1.82, 2.24) is 4.98 Å². The van der Waals surface area contributed by atoms with Crippen LogP contribution in [0.5, 0.6) is 0 Å². The summed E-state index contributed by atoms with van der Waals surface area (Å²) < 4.78 is 0.666. The summed E-state index contributed by atoms with van der Waals surface area (Å²) in [5, 5.41) is 14.2. The Labute approximate surface area is 122 Å². The van der Waals surface area contributed by atoms with E-state index in [-0.39, 0.29) is 11.7 Å². The first-order valence-corrected chi connectivity index (χ1v) is 7.27. The summed E-state index contributed by atoms with van der Waals surface area (Å²) in [6.45, 7) is 8.16. The maximum Gasteiger partial charge on any atom is 0.291 e. The largest absolute Gasteiger partial charge is 0.366 e. The van der Waals surface area contributed by atoms with Gasteiger partial charge in [0.15, 0.2) is 0 Å². The van der Waals surface area contributed by atoms with Gasteiger partial charge in [0.1, 0.15) is 12.0 Å². The summed E-state index contributed by atoms with van der Waals surface area (Å²) in [5.41, 5.74) is 0.631. The molecular formula is C13H20BrN3O2. The third-order valence-corrected chi connectivity index (χ3v) is 4.52. The number of rotatable bonds is 6. The first-order valence-electron chi connectivity index (χ1n) is 6.48. The van der Waals surface area contributed by atoms with Crippen LogP contribution in [0.2, 0.25) is 0 Å². The molecule has 0 saturated heterocycles. The van der Waals surface area contributed by atoms with Gasteiger partial charge in [-0.2, -0.15) is 0 Å². The quantitative estimate of drug-likeness (QED) is 0.624. The van der Waals surface area contributed by atoms with Crippen molar-refractivity contribution >= 4 is 27.4 Å². The van der Waals surface area contributed by atoms with Gasteiger partial charge < -0.3 is 5.32 Å². The zero-order valence-electron chi connectivity index (χ0n) is 11.7. The van der Waals surface area contributed by atoms with Gasteiger partial charge in [-0.25, -0.2) is 4.98 Å². The van der Waals surface area contributed by atoms with E-state index in [1.807, 2.05) is 0 Å². The van der Waals surface area contributed by atoms with Crippen molar-refractivity contribution in [3.8, 4) is 0 Å². The van der Waals surface area contributed by atoms with Crippen LogP contribution in [-0.2, 0) is 0 Å². The second-order valence-corrected chi connectivity index (χ2v) is 5.49. The van der Waals surface area contributed by atoms with Crippen molar-refractivity contribution in [1.29, 1.82) is 0 Å². The maximum atomic E-state index is 10.8. The van der Waals surface area contributed by atoms with Crippen molar-refractivity contribution < 1.29 is 4.92 Å². The highest BCUT2D eigenvalue weighted by atomic mass is 79.9. The molecule has 0 aliphatic rings. The lowest BCUT2D eigenvalue weighted by Crippen LogP contribution is -2.25. The molecule has 0 spiro atoms. The van der Waals surface area contributed by atoms with Crippen LogP contribution in [0.15, 0.2) is 10.7 Å². The molecule has 0 aliphatic carbocycles. The number of hydrogen-bond donors (Lipinski definition) is 1. The monoisotopic (exact) mass is 329 g/mol. The zero-order chi connectivity index (χ0) is 14.6. The molecule has 0 bridgehead atoms. The smallest absolute Gasteiger partial charge is 0.291 e. The molecule has 0 saturated carbocycles. The van der Waals surface area contributed by atoms with Gasteiger partial charge in [-0.05, 0) is 35.7 Å². The Bertz CT molecular complexity index is 461. The fourth-order valence-corrected chi connectivity index (χ4v) is 2.60. The molecule has 0 fully saturated rings. The third kappa shape index (κ3) is 3.65. The van der Waals surface area contributed by atoms with E-state index in [1.54, 1.807) is 6.92 Å². The maximum absolute atomic E-state index is 10.8. The van der Waals surface area contributed by atoms with Crippen molar-refractivity contribution in [2.75, 3.05) is 5.32 Å². The second kappa shape index (κ2) is 6.84. The summed E-state index contributed by atoms with van der Waals surface area (Å²) in [4.78, 5) is 14.6. The lowest BCUT2D eigenvalue weighted by molar-refractivity contribution is -0.385. The Hall–Kier alpha value is -1.17. The Balaban J connectivity index is 2.97. The van der Waals surface area contributed by atoms with Crippen LogP contribution in [0.1, 0.15) is 39.2 Å². The minimum Gasteiger partial charge on any atom is -0.366 e. The molecule has 1 atom stereocenters. The lowest BCUT2D eigenvalue weighted by atomic mass is 9.95. The highest BCUT2D eigenvalue weighted by Gasteiger charge is 2.20. The summed E-state index contributed by atoms with van der Waals surface area (Å²) in [6, 6.07) is 0.277. The van der Waals surface area contributed by atoms with E-state index >= 15 is 0 Å². The molecule has 0 aromatic carbocycles. The number of anilines is 1. The fraction of sp³-hybridized carbons (Fsp3) is 0.615. The molecule has 5 nitrogen and oxygen atoms in total. The van der Waals surface area contributed by atoms with Gasteiger partial charge in [0.25, 0.3) is 5.69 Å². The van der Waals surface area contributed by atoms with Crippen LogP contribution in [0, 0.1) is 23.0 Å². The molecule has 6 heteroatoms. The van der Waals surface area contributed by atoms with Crippen molar-refractivity contribution in [2.24, 2.45) is 5.92 Å². The lowest BCUT2D eigenvalue weighted by Gasteiger charge is -2.23. The minimum atomic E-state index is -0.415. The number of pyridine rings is 1. The molecular weight excluding hydrogens is 310 g/mol. The molecule has 19 heavy (non-hydrogen) atoms. The molecule has 1 aromatic heterocycles. The normalized spacial score (nSPS) is 12.5. The Kier molecular flexibility index (Phi) is 5.72. The third-order valence-electron chi connectivity index (χ3n) is 3.55. The molecule has 1 N–H and O–H groups in total. The second-order valence-electron chi connectivity index (χ2n) is 4.70. The summed E-state index contributed by atoms with van der Waals surface area (Å²) >= 11 is 3.39. The number of hydrogen-bond acceptors (Lipinski definition) is 4. The van der Waals surface area contributed by atoms with E-state index in [0.29, 0.717) is 21.8 Å². The first kappa shape index (κ1) is 15.9. The molecule has 1 rings (SSSR count). The van der Waals surface area contributed by atoms with Gasteiger partial charge in [-0.15, -0.1) is 0 Å². The van der Waals surface area contributed by atoms with E-state index in [1.165, 1.54) is 6.20 Å². The molecule has 0 amide bonds. The number of nitro groups is 1. The Morgan fingerprint density at radius 1 is 1.47 bits per heavy atom. The summed E-state index contributed by atoms with van der Waals surface area (Å²) in [6.07, 6.45) is 3.49. The number of nitrogens with one attached hydrogen (secondary N) is 1. The van der Waals surface area contributed by atoms with Gasteiger partial charge in [0.2, 0.25) is 0 Å². The van der Waals surface area contributed by atoms with Gasteiger partial charge >= 0.3 is 0 Å². The molecule has 106 valence electrons. The predicted octanol–water partition coefficient (Wildman–Crippen LogP) is 4.30. The van der Waals surface area contributed by atoms with Gasteiger partial charge in [0.05, 0.1) is 9.40 Å². The number of aromatic nitrogens is 1. The van der Waals surface area contributed by atoms with E-state index in [2.05, 4.69) is 47.0 Å². The SMILES string of the molecule is CCC(CC)C(C)Nc1ncc([N+](=O)[O-])c(C)c1Br. The van der Waals surface area contributed by atoms with Crippen LogP contribution in [0.4, 0.5) is 11.5 Å². The molecule has 0 radical (unpaired) electrons. The predicted molar refractivity (Wildman–Crippen MR) is 80.5 cm³/mol. The first-order chi connectivity index (χ1) is 8.92. The van der Waals surface area contributed by atoms with Crippen LogP contribution in [0.3, 0.4) is 0 Å². The standard InChI is InChI=1S/C13H20BrN3O2/c1-5-10(6-2)9(4)16-13-12(14)8(3)11(7-15-13)17(18)19/h7,9-10H,5-6H2,1-4H3,(H,15,16). The van der Waals surface area contributed by atoms with E-state index in [0.717, 1.165) is 12.8 Å². The highest BCUT2D eigenvalue weighted by molar-refractivity contribution is 9.10. The average molecular weight is 330 g/mol. The van der Waals surface area contributed by atoms with E-state index in [9.17, 15) is 10.1 Å². The molecule has 1 heterocycles. The van der Waals surface area contributed by atoms with Crippen molar-refractivity contribution in [3.63, 3.8) is 0 Å². The van der Waals surface area contributed by atoms with Crippen molar-refractivity contribution in [3.05, 3.63) is 26.3 Å². The van der Waals surface area contributed by atoms with Gasteiger partial charge in [-0.1, -0.05) is 26.7 Å². The average Bonchev–Trinajstić information content (AvgIpc) is 2.36. The Morgan fingerprint density at radius 3 is 2.53 bits per heavy atom. The van der Waals surface area contributed by atoms with E-state index < -0.39 is 4.92 Å². The number of halogens is 1. The Morgan fingerprint density at radius 2 is 2.05 bits per heavy atom. The molecule has 1 unspecified atom stereocenters. The summed E-state index contributed by atoms with van der Waals surface area (Å²) in [7, 11) is 0. The molecule has 0 aliphatic heterocycles. The van der Waals surface area contributed by atoms with E-state index in [4.69, 9.17) is 0 Å². The molecule has 1 aromatic rings.